The molecule has 2 aliphatic rings. The smallest absolute Gasteiger partial charge is 0.416 e. The second-order valence-electron chi connectivity index (χ2n) is 9.49. The van der Waals surface area contributed by atoms with E-state index in [9.17, 15) is 39.1 Å². The van der Waals surface area contributed by atoms with Gasteiger partial charge in [0.25, 0.3) is 10.1 Å². The molecule has 1 fully saturated rings. The standard InChI is InChI=1S/C23H27F3N2O8S2/c24-23(25,26)17-5-3-4-16(10-17)12-35-21-13-36-20-7-2-1-6-19(20)22(21)28(15-38(32,33)34)9-8-27-11-18(28)14-37(29,30)31/h1-7,10,18,21-22,27H,8-9,11-15H2,(H-,29,30,31,32,33,34)/p+1/t18-,21?,22?,28-/m0/s1. The number of rotatable bonds is 8. The Morgan fingerprint density at radius 2 is 1.79 bits per heavy atom. The van der Waals surface area contributed by atoms with Crippen LogP contribution in [0, 0.1) is 0 Å². The zero-order valence-electron chi connectivity index (χ0n) is 20.0. The van der Waals surface area contributed by atoms with E-state index in [0.29, 0.717) is 11.3 Å². The molecule has 1 saturated heterocycles. The Kier molecular flexibility index (Phi) is 8.10. The number of hydrogen-bond donors (Lipinski definition) is 3. The zero-order valence-corrected chi connectivity index (χ0v) is 21.7. The Morgan fingerprint density at radius 3 is 2.47 bits per heavy atom. The summed E-state index contributed by atoms with van der Waals surface area (Å²) in [5, 5.41) is 3.01. The van der Waals surface area contributed by atoms with E-state index in [-0.39, 0.29) is 38.4 Å². The third kappa shape index (κ3) is 6.65. The number of benzene rings is 2. The Bertz CT molecular complexity index is 1370. The van der Waals surface area contributed by atoms with E-state index in [0.717, 1.165) is 12.1 Å². The van der Waals surface area contributed by atoms with Crippen molar-refractivity contribution >= 4 is 20.2 Å². The highest BCUT2D eigenvalue weighted by atomic mass is 32.2. The van der Waals surface area contributed by atoms with Crippen molar-refractivity contribution in [2.24, 2.45) is 0 Å². The number of nitrogens with zero attached hydrogens (tertiary/aromatic N) is 1. The van der Waals surface area contributed by atoms with E-state index in [4.69, 9.17) is 9.47 Å². The summed E-state index contributed by atoms with van der Waals surface area (Å²) in [6.45, 7) is -0.0726. The maximum Gasteiger partial charge on any atom is 0.416 e. The van der Waals surface area contributed by atoms with Gasteiger partial charge in [0, 0.05) is 13.1 Å². The fourth-order valence-corrected chi connectivity index (χ4v) is 7.41. The highest BCUT2D eigenvalue weighted by Crippen LogP contribution is 2.44. The van der Waals surface area contributed by atoms with Gasteiger partial charge in [-0.15, -0.1) is 0 Å². The van der Waals surface area contributed by atoms with Gasteiger partial charge < -0.3 is 14.8 Å². The summed E-state index contributed by atoms with van der Waals surface area (Å²) in [6, 6.07) is 9.34. The van der Waals surface area contributed by atoms with Crippen molar-refractivity contribution in [2.45, 2.75) is 31.0 Å². The van der Waals surface area contributed by atoms with E-state index >= 15 is 0 Å². The lowest BCUT2D eigenvalue weighted by Crippen LogP contribution is -2.71. The topological polar surface area (TPSA) is 139 Å². The monoisotopic (exact) mass is 581 g/mol. The SMILES string of the molecule is O=S(=O)(O)C[C@@H]1CNCC[N@@+]1(CS(=O)(=O)O)C1c2ccccc2OCC1OCc1cccc(C(F)(F)F)c1. The van der Waals surface area contributed by atoms with Crippen LogP contribution in [-0.2, 0) is 37.8 Å². The molecule has 2 heterocycles. The molecule has 10 nitrogen and oxygen atoms in total. The number of quaternary nitrogens is 1. The van der Waals surface area contributed by atoms with E-state index in [1.54, 1.807) is 24.3 Å². The number of fused-ring (bicyclic) bond motifs is 1. The molecule has 0 amide bonds. The second kappa shape index (κ2) is 10.7. The molecule has 2 aromatic carbocycles. The summed E-state index contributed by atoms with van der Waals surface area (Å²) in [4.78, 5) is 0. The number of halogens is 3. The Morgan fingerprint density at radius 1 is 1.05 bits per heavy atom. The number of alkyl halides is 3. The first-order valence-corrected chi connectivity index (χ1v) is 14.9. The lowest BCUT2D eigenvalue weighted by molar-refractivity contribution is -0.972. The van der Waals surface area contributed by atoms with E-state index in [2.05, 4.69) is 5.32 Å². The number of para-hydroxylation sites is 1. The van der Waals surface area contributed by atoms with Crippen molar-refractivity contribution in [1.82, 2.24) is 5.32 Å². The number of nitrogens with one attached hydrogen (secondary N) is 1. The fraction of sp³-hybridized carbons (Fsp3) is 0.478. The summed E-state index contributed by atoms with van der Waals surface area (Å²) in [5.74, 6) is -1.28. The maximum absolute atomic E-state index is 13.2. The van der Waals surface area contributed by atoms with E-state index in [1.165, 1.54) is 12.1 Å². The van der Waals surface area contributed by atoms with Gasteiger partial charge >= 0.3 is 16.3 Å². The molecular formula is C23H28F3N2O8S2+. The molecule has 0 aliphatic carbocycles. The molecule has 3 N–H and O–H groups in total. The fourth-order valence-electron chi connectivity index (χ4n) is 5.40. The van der Waals surface area contributed by atoms with Crippen LogP contribution in [0.2, 0.25) is 0 Å². The normalized spacial score (nSPS) is 26.4. The first-order chi connectivity index (χ1) is 17.7. The van der Waals surface area contributed by atoms with Crippen molar-refractivity contribution in [3.05, 3.63) is 65.2 Å². The zero-order chi connectivity index (χ0) is 27.8. The predicted octanol–water partition coefficient (Wildman–Crippen LogP) is 2.25. The largest absolute Gasteiger partial charge is 0.490 e. The quantitative estimate of drug-likeness (QED) is 0.316. The number of ether oxygens (including phenoxy) is 2. The van der Waals surface area contributed by atoms with Crippen LogP contribution in [0.3, 0.4) is 0 Å². The number of piperazine rings is 1. The minimum atomic E-state index is -4.69. The molecule has 0 aromatic heterocycles. The van der Waals surface area contributed by atoms with Crippen molar-refractivity contribution in [1.29, 1.82) is 0 Å². The van der Waals surface area contributed by atoms with Crippen molar-refractivity contribution in [2.75, 3.05) is 37.9 Å². The highest BCUT2D eigenvalue weighted by molar-refractivity contribution is 7.86. The lowest BCUT2D eigenvalue weighted by atomic mass is 9.91. The summed E-state index contributed by atoms with van der Waals surface area (Å²) in [6.07, 6.45) is -5.50. The molecule has 38 heavy (non-hydrogen) atoms. The molecule has 0 radical (unpaired) electrons. The molecule has 210 valence electrons. The number of hydrogen-bond acceptors (Lipinski definition) is 7. The van der Waals surface area contributed by atoms with Gasteiger partial charge in [-0.1, -0.05) is 24.3 Å². The molecule has 15 heteroatoms. The maximum atomic E-state index is 13.2. The first-order valence-electron chi connectivity index (χ1n) is 11.6. The van der Waals surface area contributed by atoms with Crippen molar-refractivity contribution < 1.29 is 53.1 Å². The molecular weight excluding hydrogens is 553 g/mol. The third-order valence-corrected chi connectivity index (χ3v) is 8.50. The Hall–Kier alpha value is -2.27. The van der Waals surface area contributed by atoms with Crippen LogP contribution in [0.4, 0.5) is 13.2 Å². The van der Waals surface area contributed by atoms with E-state index < -0.39 is 66.3 Å². The summed E-state index contributed by atoms with van der Waals surface area (Å²) in [7, 11) is -9.26. The predicted molar refractivity (Wildman–Crippen MR) is 129 cm³/mol. The van der Waals surface area contributed by atoms with Gasteiger partial charge in [0.1, 0.15) is 36.3 Å². The Labute approximate surface area is 218 Å². The third-order valence-electron chi connectivity index (χ3n) is 6.88. The molecule has 0 saturated carbocycles. The average Bonchev–Trinajstić information content (AvgIpc) is 2.81. The van der Waals surface area contributed by atoms with Crippen LogP contribution in [0.25, 0.3) is 0 Å². The molecule has 4 rings (SSSR count). The molecule has 2 aliphatic heterocycles. The van der Waals surface area contributed by atoms with Gasteiger partial charge in [-0.2, -0.15) is 30.0 Å². The second-order valence-corrected chi connectivity index (χ2v) is 12.4. The van der Waals surface area contributed by atoms with Gasteiger partial charge in [0.05, 0.1) is 24.3 Å². The van der Waals surface area contributed by atoms with Crippen LogP contribution in [0.15, 0.2) is 48.5 Å². The van der Waals surface area contributed by atoms with Crippen LogP contribution in [0.1, 0.15) is 22.7 Å². The van der Waals surface area contributed by atoms with Crippen LogP contribution in [-0.4, -0.2) is 80.4 Å². The molecule has 2 unspecified atom stereocenters. The Balaban J connectivity index is 1.78. The minimum Gasteiger partial charge on any atom is -0.490 e. The summed E-state index contributed by atoms with van der Waals surface area (Å²) >= 11 is 0. The first kappa shape index (κ1) is 28.7. The van der Waals surface area contributed by atoms with Crippen LogP contribution in [0.5, 0.6) is 5.75 Å². The van der Waals surface area contributed by atoms with Crippen molar-refractivity contribution in [3.8, 4) is 5.75 Å². The summed E-state index contributed by atoms with van der Waals surface area (Å²) in [5.41, 5.74) is -0.155. The minimum absolute atomic E-state index is 0.00911. The van der Waals surface area contributed by atoms with Gasteiger partial charge in [-0.25, -0.2) is 0 Å². The van der Waals surface area contributed by atoms with Gasteiger partial charge in [-0.05, 0) is 29.8 Å². The lowest BCUT2D eigenvalue weighted by Gasteiger charge is -2.54. The highest BCUT2D eigenvalue weighted by Gasteiger charge is 2.55. The molecule has 4 atom stereocenters. The van der Waals surface area contributed by atoms with Gasteiger partial charge in [0.15, 0.2) is 0 Å². The average molecular weight is 582 g/mol. The summed E-state index contributed by atoms with van der Waals surface area (Å²) < 4.78 is 119. The van der Waals surface area contributed by atoms with Gasteiger partial charge in [-0.3, -0.25) is 13.6 Å². The van der Waals surface area contributed by atoms with Crippen LogP contribution >= 0.6 is 0 Å². The molecule has 2 aromatic rings. The molecule has 0 bridgehead atoms. The van der Waals surface area contributed by atoms with Gasteiger partial charge in [0.2, 0.25) is 5.88 Å². The molecule has 0 spiro atoms. The van der Waals surface area contributed by atoms with Crippen LogP contribution < -0.4 is 10.1 Å². The van der Waals surface area contributed by atoms with E-state index in [1.807, 2.05) is 0 Å². The van der Waals surface area contributed by atoms with Crippen molar-refractivity contribution in [3.63, 3.8) is 0 Å².